The van der Waals surface area contributed by atoms with Crippen LogP contribution in [-0.2, 0) is 9.59 Å². The predicted molar refractivity (Wildman–Crippen MR) is 121 cm³/mol. The van der Waals surface area contributed by atoms with E-state index in [9.17, 15) is 9.59 Å². The lowest BCUT2D eigenvalue weighted by Crippen LogP contribution is -2.36. The van der Waals surface area contributed by atoms with Crippen molar-refractivity contribution >= 4 is 40.9 Å². The number of amides is 2. The van der Waals surface area contributed by atoms with Gasteiger partial charge in [0.25, 0.3) is 0 Å². The molecule has 0 saturated heterocycles. The minimum Gasteiger partial charge on any atom is -0.497 e. The molecule has 0 radical (unpaired) electrons. The summed E-state index contributed by atoms with van der Waals surface area (Å²) in [6.45, 7) is 1.86. The van der Waals surface area contributed by atoms with Crippen LogP contribution in [0.15, 0.2) is 53.9 Å². The number of methoxy groups -OCH3 is 1. The van der Waals surface area contributed by atoms with E-state index in [0.29, 0.717) is 21.6 Å². The highest BCUT2D eigenvalue weighted by atomic mass is 35.5. The lowest BCUT2D eigenvalue weighted by molar-refractivity contribution is -0.131. The maximum absolute atomic E-state index is 12.5. The van der Waals surface area contributed by atoms with E-state index in [1.165, 1.54) is 16.7 Å². The number of hydrogen-bond acceptors (Lipinski definition) is 6. The Balaban J connectivity index is 1.54. The normalized spacial score (nSPS) is 10.6. The monoisotopic (exact) mass is 459 g/mol. The zero-order valence-corrected chi connectivity index (χ0v) is 18.9. The zero-order chi connectivity index (χ0) is 22.4. The molecule has 8 nitrogen and oxygen atoms in total. The average Bonchev–Trinajstić information content (AvgIpc) is 3.23. The Kier molecular flexibility index (Phi) is 7.54. The quantitative estimate of drug-likeness (QED) is 0.519. The molecule has 10 heteroatoms. The molecule has 2 amide bonds. The van der Waals surface area contributed by atoms with E-state index >= 15 is 0 Å². The SMILES string of the molecule is COc1ccc(NC(=O)CN(C)C(=O)CSc2nncn2-c2ccc(C)c(Cl)c2)cc1. The van der Waals surface area contributed by atoms with Crippen molar-refractivity contribution in [2.75, 3.05) is 31.8 Å². The molecule has 1 aromatic heterocycles. The highest BCUT2D eigenvalue weighted by molar-refractivity contribution is 7.99. The first-order chi connectivity index (χ1) is 14.9. The molecule has 3 aromatic rings. The first-order valence-corrected chi connectivity index (χ1v) is 10.7. The number of halogens is 1. The maximum atomic E-state index is 12.5. The van der Waals surface area contributed by atoms with Gasteiger partial charge in [0.1, 0.15) is 12.1 Å². The van der Waals surface area contributed by atoms with E-state index in [0.717, 1.165) is 11.3 Å². The summed E-state index contributed by atoms with van der Waals surface area (Å²) >= 11 is 7.45. The number of carbonyl (C=O) groups excluding carboxylic acids is 2. The fourth-order valence-electron chi connectivity index (χ4n) is 2.65. The molecule has 0 spiro atoms. The van der Waals surface area contributed by atoms with Crippen molar-refractivity contribution in [2.24, 2.45) is 0 Å². The number of anilines is 1. The minimum absolute atomic E-state index is 0.0638. The third-order valence-electron chi connectivity index (χ3n) is 4.46. The number of nitrogens with one attached hydrogen (secondary N) is 1. The van der Waals surface area contributed by atoms with Gasteiger partial charge in [0.2, 0.25) is 11.8 Å². The largest absolute Gasteiger partial charge is 0.497 e. The summed E-state index contributed by atoms with van der Waals surface area (Å²) < 4.78 is 6.85. The van der Waals surface area contributed by atoms with Gasteiger partial charge in [0.15, 0.2) is 5.16 Å². The fourth-order valence-corrected chi connectivity index (χ4v) is 3.69. The van der Waals surface area contributed by atoms with Crippen molar-refractivity contribution < 1.29 is 14.3 Å². The highest BCUT2D eigenvalue weighted by Crippen LogP contribution is 2.24. The van der Waals surface area contributed by atoms with Crippen molar-refractivity contribution in [3.63, 3.8) is 0 Å². The molecule has 1 N–H and O–H groups in total. The van der Waals surface area contributed by atoms with Gasteiger partial charge in [-0.25, -0.2) is 0 Å². The lowest BCUT2D eigenvalue weighted by atomic mass is 10.2. The van der Waals surface area contributed by atoms with Gasteiger partial charge in [-0.1, -0.05) is 29.4 Å². The molecule has 31 heavy (non-hydrogen) atoms. The summed E-state index contributed by atoms with van der Waals surface area (Å²) in [7, 11) is 3.16. The van der Waals surface area contributed by atoms with E-state index < -0.39 is 0 Å². The molecule has 0 fully saturated rings. The van der Waals surface area contributed by atoms with Gasteiger partial charge in [0.05, 0.1) is 25.1 Å². The highest BCUT2D eigenvalue weighted by Gasteiger charge is 2.16. The minimum atomic E-state index is -0.288. The number of thioether (sulfide) groups is 1. The van der Waals surface area contributed by atoms with Crippen molar-refractivity contribution in [1.82, 2.24) is 19.7 Å². The van der Waals surface area contributed by atoms with Crippen LogP contribution in [0.5, 0.6) is 5.75 Å². The molecule has 0 aliphatic rings. The Morgan fingerprint density at radius 2 is 1.97 bits per heavy atom. The third kappa shape index (κ3) is 5.99. The first-order valence-electron chi connectivity index (χ1n) is 9.34. The summed E-state index contributed by atoms with van der Waals surface area (Å²) in [4.78, 5) is 26.1. The Morgan fingerprint density at radius 1 is 1.23 bits per heavy atom. The first kappa shape index (κ1) is 22.6. The smallest absolute Gasteiger partial charge is 0.243 e. The molecule has 0 saturated carbocycles. The molecule has 0 aliphatic carbocycles. The second-order valence-electron chi connectivity index (χ2n) is 6.73. The van der Waals surface area contributed by atoms with Gasteiger partial charge < -0.3 is 15.0 Å². The van der Waals surface area contributed by atoms with Crippen LogP contribution in [0.3, 0.4) is 0 Å². The van der Waals surface area contributed by atoms with Gasteiger partial charge in [0, 0.05) is 17.8 Å². The number of nitrogens with zero attached hydrogens (tertiary/aromatic N) is 4. The van der Waals surface area contributed by atoms with Crippen LogP contribution in [0, 0.1) is 6.92 Å². The van der Waals surface area contributed by atoms with Crippen LogP contribution in [-0.4, -0.2) is 57.9 Å². The van der Waals surface area contributed by atoms with E-state index in [4.69, 9.17) is 16.3 Å². The number of rotatable bonds is 8. The summed E-state index contributed by atoms with van der Waals surface area (Å²) in [5.74, 6) is 0.322. The molecule has 0 bridgehead atoms. The molecular weight excluding hydrogens is 438 g/mol. The van der Waals surface area contributed by atoms with Crippen LogP contribution >= 0.6 is 23.4 Å². The number of likely N-dealkylation sites (N-methyl/N-ethyl adjacent to an activating group) is 1. The Labute approximate surface area is 189 Å². The molecule has 0 aliphatic heterocycles. The molecule has 2 aromatic carbocycles. The van der Waals surface area contributed by atoms with E-state index in [1.54, 1.807) is 49.3 Å². The Hall–Kier alpha value is -3.04. The molecule has 0 atom stereocenters. The third-order valence-corrected chi connectivity index (χ3v) is 5.79. The van der Waals surface area contributed by atoms with Gasteiger partial charge in [-0.05, 0) is 48.9 Å². The zero-order valence-electron chi connectivity index (χ0n) is 17.3. The van der Waals surface area contributed by atoms with Crippen molar-refractivity contribution in [2.45, 2.75) is 12.1 Å². The van der Waals surface area contributed by atoms with Gasteiger partial charge in [-0.15, -0.1) is 10.2 Å². The summed E-state index contributed by atoms with van der Waals surface area (Å²) in [6.07, 6.45) is 1.57. The number of hydrogen-bond donors (Lipinski definition) is 1. The lowest BCUT2D eigenvalue weighted by Gasteiger charge is -2.16. The van der Waals surface area contributed by atoms with Crippen molar-refractivity contribution in [3.8, 4) is 11.4 Å². The topological polar surface area (TPSA) is 89.3 Å². The van der Waals surface area contributed by atoms with Crippen LogP contribution < -0.4 is 10.1 Å². The number of benzene rings is 2. The molecule has 162 valence electrons. The summed E-state index contributed by atoms with van der Waals surface area (Å²) in [6, 6.07) is 12.6. The average molecular weight is 460 g/mol. The van der Waals surface area contributed by atoms with Crippen LogP contribution in [0.1, 0.15) is 5.56 Å². The predicted octanol–water partition coefficient (Wildman–Crippen LogP) is 3.43. The van der Waals surface area contributed by atoms with Crippen molar-refractivity contribution in [3.05, 3.63) is 59.4 Å². The molecular formula is C21H22ClN5O3S. The van der Waals surface area contributed by atoms with E-state index in [-0.39, 0.29) is 24.1 Å². The Bertz CT molecular complexity index is 1070. The second kappa shape index (κ2) is 10.3. The van der Waals surface area contributed by atoms with E-state index in [1.807, 2.05) is 25.1 Å². The Morgan fingerprint density at radius 3 is 2.65 bits per heavy atom. The number of carbonyl (C=O) groups is 2. The number of aromatic nitrogens is 3. The van der Waals surface area contributed by atoms with E-state index in [2.05, 4.69) is 15.5 Å². The van der Waals surface area contributed by atoms with Crippen molar-refractivity contribution in [1.29, 1.82) is 0 Å². The van der Waals surface area contributed by atoms with Gasteiger partial charge in [-0.2, -0.15) is 0 Å². The maximum Gasteiger partial charge on any atom is 0.243 e. The second-order valence-corrected chi connectivity index (χ2v) is 8.08. The van der Waals surface area contributed by atoms with Crippen LogP contribution in [0.2, 0.25) is 5.02 Å². The molecule has 0 unspecified atom stereocenters. The number of aryl methyl sites for hydroxylation is 1. The van der Waals surface area contributed by atoms with Crippen LogP contribution in [0.25, 0.3) is 5.69 Å². The fraction of sp³-hybridized carbons (Fsp3) is 0.238. The molecule has 3 rings (SSSR count). The molecule has 1 heterocycles. The van der Waals surface area contributed by atoms with Gasteiger partial charge in [-0.3, -0.25) is 14.2 Å². The number of ether oxygens (including phenoxy) is 1. The summed E-state index contributed by atoms with van der Waals surface area (Å²) in [5.41, 5.74) is 2.41. The summed E-state index contributed by atoms with van der Waals surface area (Å²) in [5, 5.41) is 12.0. The van der Waals surface area contributed by atoms with Crippen LogP contribution in [0.4, 0.5) is 5.69 Å². The van der Waals surface area contributed by atoms with Gasteiger partial charge >= 0.3 is 0 Å². The standard InChI is InChI=1S/C21H22ClN5O3S/c1-14-4-7-16(10-18(14)22)27-13-23-25-21(27)31-12-20(29)26(2)11-19(28)24-15-5-8-17(30-3)9-6-15/h4-10,13H,11-12H2,1-3H3,(H,24,28).